The summed E-state index contributed by atoms with van der Waals surface area (Å²) in [5.41, 5.74) is 7.51. The first kappa shape index (κ1) is 15.5. The lowest BCUT2D eigenvalue weighted by atomic mass is 9.84. The van der Waals surface area contributed by atoms with Crippen LogP contribution in [0.4, 0.5) is 0 Å². The molecule has 1 saturated heterocycles. The molecule has 0 spiro atoms. The average molecular weight is 274 g/mol. The van der Waals surface area contributed by atoms with Gasteiger partial charge in [0, 0.05) is 12.6 Å². The first-order valence-corrected chi connectivity index (χ1v) is 8.12. The van der Waals surface area contributed by atoms with Crippen molar-refractivity contribution in [3.8, 4) is 0 Å². The fourth-order valence-electron chi connectivity index (χ4n) is 3.57. The average Bonchev–Trinajstić information content (AvgIpc) is 2.49. The lowest BCUT2D eigenvalue weighted by Gasteiger charge is -2.41. The molecule has 2 nitrogen and oxygen atoms in total. The Morgan fingerprint density at radius 3 is 2.20 bits per heavy atom. The van der Waals surface area contributed by atoms with Crippen LogP contribution in [0.25, 0.3) is 0 Å². The summed E-state index contributed by atoms with van der Waals surface area (Å²) in [6.07, 6.45) is 2.66. The van der Waals surface area contributed by atoms with Gasteiger partial charge in [0.2, 0.25) is 0 Å². The third-order valence-electron chi connectivity index (χ3n) is 5.13. The van der Waals surface area contributed by atoms with E-state index in [2.05, 4.69) is 56.0 Å². The molecule has 1 aliphatic rings. The molecule has 2 unspecified atom stereocenters. The Morgan fingerprint density at radius 2 is 1.70 bits per heavy atom. The van der Waals surface area contributed by atoms with Crippen molar-refractivity contribution < 1.29 is 0 Å². The molecule has 1 fully saturated rings. The molecule has 1 heterocycles. The van der Waals surface area contributed by atoms with Gasteiger partial charge < -0.3 is 5.73 Å². The molecule has 0 aliphatic carbocycles. The van der Waals surface area contributed by atoms with E-state index in [-0.39, 0.29) is 0 Å². The van der Waals surface area contributed by atoms with E-state index in [1.165, 1.54) is 31.5 Å². The van der Waals surface area contributed by atoms with Gasteiger partial charge in [-0.3, -0.25) is 4.90 Å². The zero-order chi connectivity index (χ0) is 14.5. The molecular formula is C18H30N2. The van der Waals surface area contributed by atoms with Crippen molar-refractivity contribution in [2.75, 3.05) is 19.6 Å². The zero-order valence-corrected chi connectivity index (χ0v) is 13.3. The summed E-state index contributed by atoms with van der Waals surface area (Å²) in [5, 5.41) is 0. The summed E-state index contributed by atoms with van der Waals surface area (Å²) < 4.78 is 0. The van der Waals surface area contributed by atoms with Gasteiger partial charge in [0.15, 0.2) is 0 Å². The molecule has 1 aliphatic heterocycles. The number of benzene rings is 1. The van der Waals surface area contributed by atoms with Crippen molar-refractivity contribution in [3.63, 3.8) is 0 Å². The summed E-state index contributed by atoms with van der Waals surface area (Å²) in [6, 6.07) is 11.3. The number of nitrogens with two attached hydrogens (primary N) is 1. The van der Waals surface area contributed by atoms with Crippen LogP contribution in [0.3, 0.4) is 0 Å². The Morgan fingerprint density at radius 1 is 1.10 bits per heavy atom. The molecular weight excluding hydrogens is 244 g/mol. The standard InChI is InChI=1S/C18H30N2/c1-14(2)16-9-11-20(12-10-16)18(13-19)15(3)17-7-5-4-6-8-17/h4-8,14-16,18H,9-13,19H2,1-3H3. The second-order valence-electron chi connectivity index (χ2n) is 6.62. The molecule has 112 valence electrons. The molecule has 20 heavy (non-hydrogen) atoms. The van der Waals surface area contributed by atoms with E-state index in [0.29, 0.717) is 12.0 Å². The van der Waals surface area contributed by atoms with Crippen LogP contribution in [0.5, 0.6) is 0 Å². The van der Waals surface area contributed by atoms with Crippen LogP contribution >= 0.6 is 0 Å². The molecule has 1 aromatic carbocycles. The second-order valence-corrected chi connectivity index (χ2v) is 6.62. The minimum atomic E-state index is 0.477. The molecule has 0 radical (unpaired) electrons. The summed E-state index contributed by atoms with van der Waals surface area (Å²) in [6.45, 7) is 10.2. The Bertz CT molecular complexity index is 380. The van der Waals surface area contributed by atoms with E-state index in [4.69, 9.17) is 5.73 Å². The number of rotatable bonds is 5. The van der Waals surface area contributed by atoms with Crippen molar-refractivity contribution in [3.05, 3.63) is 35.9 Å². The zero-order valence-electron chi connectivity index (χ0n) is 13.3. The molecule has 2 atom stereocenters. The summed E-state index contributed by atoms with van der Waals surface area (Å²) in [5.74, 6) is 2.23. The van der Waals surface area contributed by atoms with E-state index in [1.807, 2.05) is 0 Å². The molecule has 1 aromatic rings. The summed E-state index contributed by atoms with van der Waals surface area (Å²) in [4.78, 5) is 2.62. The van der Waals surface area contributed by atoms with Gasteiger partial charge in [0.1, 0.15) is 0 Å². The Labute approximate surface area is 124 Å². The van der Waals surface area contributed by atoms with Crippen molar-refractivity contribution in [1.29, 1.82) is 0 Å². The van der Waals surface area contributed by atoms with E-state index in [0.717, 1.165) is 18.4 Å². The maximum Gasteiger partial charge on any atom is 0.0284 e. The summed E-state index contributed by atoms with van der Waals surface area (Å²) >= 11 is 0. The highest BCUT2D eigenvalue weighted by atomic mass is 15.2. The topological polar surface area (TPSA) is 29.3 Å². The third kappa shape index (κ3) is 3.62. The van der Waals surface area contributed by atoms with Gasteiger partial charge in [0.05, 0.1) is 0 Å². The monoisotopic (exact) mass is 274 g/mol. The first-order chi connectivity index (χ1) is 9.63. The Balaban J connectivity index is 1.99. The van der Waals surface area contributed by atoms with Crippen LogP contribution in [-0.2, 0) is 0 Å². The minimum Gasteiger partial charge on any atom is -0.329 e. The first-order valence-electron chi connectivity index (χ1n) is 8.12. The molecule has 0 amide bonds. The summed E-state index contributed by atoms with van der Waals surface area (Å²) in [7, 11) is 0. The molecule has 0 saturated carbocycles. The van der Waals surface area contributed by atoms with Crippen molar-refractivity contribution in [2.24, 2.45) is 17.6 Å². The van der Waals surface area contributed by atoms with Crippen LogP contribution in [0.15, 0.2) is 30.3 Å². The van der Waals surface area contributed by atoms with Gasteiger partial charge in [-0.1, -0.05) is 51.1 Å². The van der Waals surface area contributed by atoms with Gasteiger partial charge in [-0.05, 0) is 49.2 Å². The number of nitrogens with zero attached hydrogens (tertiary/aromatic N) is 1. The Kier molecular flexibility index (Phi) is 5.62. The van der Waals surface area contributed by atoms with Gasteiger partial charge in [-0.15, -0.1) is 0 Å². The fourth-order valence-corrected chi connectivity index (χ4v) is 3.57. The highest BCUT2D eigenvalue weighted by Gasteiger charge is 2.29. The quantitative estimate of drug-likeness (QED) is 0.890. The Hall–Kier alpha value is -0.860. The van der Waals surface area contributed by atoms with Crippen LogP contribution < -0.4 is 5.73 Å². The van der Waals surface area contributed by atoms with E-state index in [9.17, 15) is 0 Å². The van der Waals surface area contributed by atoms with Crippen LogP contribution in [0, 0.1) is 11.8 Å². The highest BCUT2D eigenvalue weighted by molar-refractivity contribution is 5.20. The number of piperidine rings is 1. The fraction of sp³-hybridized carbons (Fsp3) is 0.667. The maximum atomic E-state index is 6.09. The SMILES string of the molecule is CC(C)C1CCN(C(CN)C(C)c2ccccc2)CC1. The van der Waals surface area contributed by atoms with E-state index in [1.54, 1.807) is 0 Å². The van der Waals surface area contributed by atoms with Crippen molar-refractivity contribution in [2.45, 2.75) is 45.6 Å². The molecule has 0 bridgehead atoms. The lowest BCUT2D eigenvalue weighted by molar-refractivity contribution is 0.106. The molecule has 2 heteroatoms. The van der Waals surface area contributed by atoms with Crippen LogP contribution in [-0.4, -0.2) is 30.6 Å². The van der Waals surface area contributed by atoms with Crippen LogP contribution in [0.1, 0.15) is 45.1 Å². The smallest absolute Gasteiger partial charge is 0.0284 e. The van der Waals surface area contributed by atoms with E-state index >= 15 is 0 Å². The second kappa shape index (κ2) is 7.24. The minimum absolute atomic E-state index is 0.477. The van der Waals surface area contributed by atoms with Gasteiger partial charge in [-0.2, -0.15) is 0 Å². The highest BCUT2D eigenvalue weighted by Crippen LogP contribution is 2.29. The third-order valence-corrected chi connectivity index (χ3v) is 5.13. The van der Waals surface area contributed by atoms with Gasteiger partial charge >= 0.3 is 0 Å². The normalized spacial score (nSPS) is 21.1. The number of likely N-dealkylation sites (tertiary alicyclic amines) is 1. The maximum absolute atomic E-state index is 6.09. The molecule has 0 aromatic heterocycles. The molecule has 2 N–H and O–H groups in total. The van der Waals surface area contributed by atoms with Crippen molar-refractivity contribution >= 4 is 0 Å². The van der Waals surface area contributed by atoms with Gasteiger partial charge in [-0.25, -0.2) is 0 Å². The number of hydrogen-bond donors (Lipinski definition) is 1. The predicted molar refractivity (Wildman–Crippen MR) is 86.8 cm³/mol. The van der Waals surface area contributed by atoms with Crippen LogP contribution in [0.2, 0.25) is 0 Å². The predicted octanol–water partition coefficient (Wildman–Crippen LogP) is 3.49. The van der Waals surface area contributed by atoms with Crippen molar-refractivity contribution in [1.82, 2.24) is 4.90 Å². The molecule has 2 rings (SSSR count). The lowest BCUT2D eigenvalue weighted by Crippen LogP contribution is -2.48. The largest absolute Gasteiger partial charge is 0.329 e. The number of hydrogen-bond acceptors (Lipinski definition) is 2. The van der Waals surface area contributed by atoms with E-state index < -0.39 is 0 Å². The van der Waals surface area contributed by atoms with Gasteiger partial charge in [0.25, 0.3) is 0 Å².